The molecule has 102 valence electrons. The van der Waals surface area contributed by atoms with Gasteiger partial charge in [-0.25, -0.2) is 0 Å². The molecule has 0 fully saturated rings. The summed E-state index contributed by atoms with van der Waals surface area (Å²) in [6.07, 6.45) is 0.836. The number of nitrogens with one attached hydrogen (secondary N) is 1. The summed E-state index contributed by atoms with van der Waals surface area (Å²) < 4.78 is 0. The molecule has 3 heterocycles. The minimum atomic E-state index is -0.0742. The Kier molecular flexibility index (Phi) is 2.58. The zero-order valence-electron chi connectivity index (χ0n) is 10.9. The van der Waals surface area contributed by atoms with E-state index in [1.54, 1.807) is 11.3 Å². The summed E-state index contributed by atoms with van der Waals surface area (Å²) in [4.78, 5) is 14.6. The average Bonchev–Trinajstić information content (AvgIpc) is 2.99. The molecule has 1 aromatic carbocycles. The molecule has 1 amide bonds. The fourth-order valence-electron chi connectivity index (χ4n) is 3.14. The van der Waals surface area contributed by atoms with Gasteiger partial charge in [-0.3, -0.25) is 4.79 Å². The number of hydrogen-bond donors (Lipinski definition) is 2. The first-order valence-corrected chi connectivity index (χ1v) is 7.68. The average molecular weight is 285 g/mol. The van der Waals surface area contributed by atoms with Crippen LogP contribution in [0.15, 0.2) is 35.0 Å². The van der Waals surface area contributed by atoms with Crippen LogP contribution in [0.25, 0.3) is 0 Å². The van der Waals surface area contributed by atoms with Gasteiger partial charge in [-0.05, 0) is 34.9 Å². The van der Waals surface area contributed by atoms with Gasteiger partial charge in [-0.2, -0.15) is 11.3 Å². The van der Waals surface area contributed by atoms with E-state index in [1.807, 2.05) is 23.6 Å². The van der Waals surface area contributed by atoms with Crippen molar-refractivity contribution in [2.45, 2.75) is 18.6 Å². The van der Waals surface area contributed by atoms with E-state index in [-0.39, 0.29) is 18.1 Å². The highest BCUT2D eigenvalue weighted by molar-refractivity contribution is 7.08. The number of nitrogens with zero attached hydrogens (tertiary/aromatic N) is 1. The van der Waals surface area contributed by atoms with Crippen LogP contribution in [0.5, 0.6) is 0 Å². The maximum atomic E-state index is 12.4. The van der Waals surface area contributed by atoms with Crippen LogP contribution in [0.2, 0.25) is 0 Å². The lowest BCUT2D eigenvalue weighted by molar-refractivity contribution is 0.0925. The van der Waals surface area contributed by atoms with Crippen molar-refractivity contribution in [1.29, 1.82) is 0 Å². The molecule has 4 rings (SSSR count). The lowest BCUT2D eigenvalue weighted by Gasteiger charge is -2.44. The smallest absolute Gasteiger partial charge is 0.255 e. The van der Waals surface area contributed by atoms with Crippen molar-refractivity contribution < 1.29 is 4.79 Å². The second kappa shape index (κ2) is 4.33. The minimum absolute atomic E-state index is 0.0107. The number of carbonyl (C=O) groups is 1. The zero-order valence-corrected chi connectivity index (χ0v) is 11.7. The summed E-state index contributed by atoms with van der Waals surface area (Å²) in [7, 11) is 0. The molecule has 2 aromatic rings. The van der Waals surface area contributed by atoms with Crippen molar-refractivity contribution in [1.82, 2.24) is 5.32 Å². The third-order valence-corrected chi connectivity index (χ3v) is 4.82. The van der Waals surface area contributed by atoms with Crippen LogP contribution in [0, 0.1) is 0 Å². The van der Waals surface area contributed by atoms with Gasteiger partial charge in [0.25, 0.3) is 5.91 Å². The highest BCUT2D eigenvalue weighted by atomic mass is 32.1. The Bertz CT molecular complexity index is 668. The standard InChI is InChI=1S/C15H15N3OS/c16-12-4-6-18-13-10(12)2-1-3-11(13)15(19)17-14(18)9-5-7-20-8-9/h1-3,5,7-8,12,14H,4,6,16H2,(H,17,19)/t12-,14-/m0/s1. The minimum Gasteiger partial charge on any atom is -0.346 e. The molecule has 3 N–H and O–H groups in total. The molecule has 0 saturated heterocycles. The van der Waals surface area contributed by atoms with Gasteiger partial charge in [0.1, 0.15) is 6.17 Å². The monoisotopic (exact) mass is 285 g/mol. The first-order valence-electron chi connectivity index (χ1n) is 6.74. The molecule has 0 spiro atoms. The number of carbonyl (C=O) groups excluding carboxylic acids is 1. The van der Waals surface area contributed by atoms with Crippen molar-refractivity contribution in [3.05, 3.63) is 51.7 Å². The van der Waals surface area contributed by atoms with Crippen molar-refractivity contribution in [2.75, 3.05) is 11.4 Å². The second-order valence-corrected chi connectivity index (χ2v) is 6.04. The number of rotatable bonds is 1. The first-order chi connectivity index (χ1) is 9.75. The first kappa shape index (κ1) is 11.9. The Morgan fingerprint density at radius 1 is 1.35 bits per heavy atom. The van der Waals surface area contributed by atoms with Gasteiger partial charge in [0.05, 0.1) is 11.3 Å². The van der Waals surface area contributed by atoms with Crippen LogP contribution < -0.4 is 16.0 Å². The van der Waals surface area contributed by atoms with Crippen LogP contribution in [0.1, 0.15) is 40.1 Å². The maximum absolute atomic E-state index is 12.4. The Balaban J connectivity index is 1.90. The molecule has 0 bridgehead atoms. The molecule has 20 heavy (non-hydrogen) atoms. The van der Waals surface area contributed by atoms with E-state index < -0.39 is 0 Å². The van der Waals surface area contributed by atoms with Gasteiger partial charge in [-0.15, -0.1) is 0 Å². The fourth-order valence-corrected chi connectivity index (χ4v) is 3.82. The van der Waals surface area contributed by atoms with Crippen molar-refractivity contribution in [2.24, 2.45) is 5.73 Å². The number of thiophene rings is 1. The van der Waals surface area contributed by atoms with Crippen LogP contribution in [0.4, 0.5) is 5.69 Å². The molecule has 2 aliphatic heterocycles. The molecule has 0 radical (unpaired) electrons. The number of para-hydroxylation sites is 1. The third kappa shape index (κ3) is 1.60. The number of amides is 1. The Morgan fingerprint density at radius 3 is 3.05 bits per heavy atom. The summed E-state index contributed by atoms with van der Waals surface area (Å²) >= 11 is 1.65. The van der Waals surface area contributed by atoms with E-state index in [4.69, 9.17) is 5.73 Å². The predicted octanol–water partition coefficient (Wildman–Crippen LogP) is 2.40. The lowest BCUT2D eigenvalue weighted by Crippen LogP contribution is -2.49. The highest BCUT2D eigenvalue weighted by Gasteiger charge is 2.37. The molecule has 0 unspecified atom stereocenters. The van der Waals surface area contributed by atoms with Gasteiger partial charge >= 0.3 is 0 Å². The van der Waals surface area contributed by atoms with E-state index in [0.717, 1.165) is 35.3 Å². The third-order valence-electron chi connectivity index (χ3n) is 4.12. The molecule has 2 atom stereocenters. The van der Waals surface area contributed by atoms with Crippen LogP contribution in [0.3, 0.4) is 0 Å². The van der Waals surface area contributed by atoms with Crippen LogP contribution >= 0.6 is 11.3 Å². The lowest BCUT2D eigenvalue weighted by atomic mass is 9.91. The van der Waals surface area contributed by atoms with E-state index >= 15 is 0 Å². The number of anilines is 1. The number of nitrogens with two attached hydrogens (primary N) is 1. The topological polar surface area (TPSA) is 58.4 Å². The summed E-state index contributed by atoms with van der Waals surface area (Å²) in [5, 5.41) is 7.24. The molecule has 0 saturated carbocycles. The summed E-state index contributed by atoms with van der Waals surface area (Å²) in [6.45, 7) is 0.867. The van der Waals surface area contributed by atoms with E-state index in [1.165, 1.54) is 0 Å². The summed E-state index contributed by atoms with van der Waals surface area (Å²) in [5.74, 6) is -0.0107. The van der Waals surface area contributed by atoms with Crippen molar-refractivity contribution in [3.8, 4) is 0 Å². The van der Waals surface area contributed by atoms with Crippen molar-refractivity contribution in [3.63, 3.8) is 0 Å². The molecule has 1 aromatic heterocycles. The number of hydrogen-bond acceptors (Lipinski definition) is 4. The van der Waals surface area contributed by atoms with Crippen LogP contribution in [-0.2, 0) is 0 Å². The van der Waals surface area contributed by atoms with E-state index in [0.29, 0.717) is 0 Å². The Morgan fingerprint density at radius 2 is 2.25 bits per heavy atom. The quantitative estimate of drug-likeness (QED) is 0.846. The highest BCUT2D eigenvalue weighted by Crippen LogP contribution is 2.42. The van der Waals surface area contributed by atoms with Crippen LogP contribution in [-0.4, -0.2) is 12.5 Å². The maximum Gasteiger partial charge on any atom is 0.255 e. The van der Waals surface area contributed by atoms with Gasteiger partial charge < -0.3 is 16.0 Å². The number of benzene rings is 1. The molecule has 5 heteroatoms. The normalized spacial score (nSPS) is 24.2. The van der Waals surface area contributed by atoms with Gasteiger partial charge in [0.2, 0.25) is 0 Å². The summed E-state index contributed by atoms with van der Waals surface area (Å²) in [5.41, 5.74) is 10.2. The van der Waals surface area contributed by atoms with E-state index in [9.17, 15) is 4.79 Å². The summed E-state index contributed by atoms with van der Waals surface area (Å²) in [6, 6.07) is 7.93. The zero-order chi connectivity index (χ0) is 13.7. The predicted molar refractivity (Wildman–Crippen MR) is 79.9 cm³/mol. The fraction of sp³-hybridized carbons (Fsp3) is 0.267. The van der Waals surface area contributed by atoms with Gasteiger partial charge in [0, 0.05) is 18.2 Å². The van der Waals surface area contributed by atoms with E-state index in [2.05, 4.69) is 21.7 Å². The van der Waals surface area contributed by atoms with Gasteiger partial charge in [0.15, 0.2) is 0 Å². The molecule has 2 aliphatic rings. The molecular weight excluding hydrogens is 270 g/mol. The largest absolute Gasteiger partial charge is 0.346 e. The molecule has 4 nitrogen and oxygen atoms in total. The van der Waals surface area contributed by atoms with Crippen molar-refractivity contribution >= 4 is 22.9 Å². The second-order valence-electron chi connectivity index (χ2n) is 5.26. The van der Waals surface area contributed by atoms with Gasteiger partial charge in [-0.1, -0.05) is 12.1 Å². The molecular formula is C15H15N3OS. The Labute approximate surface area is 121 Å². The molecule has 0 aliphatic carbocycles. The Hall–Kier alpha value is -1.85. The SMILES string of the molecule is N[C@H]1CCN2c3c(cccc31)C(=O)N[C@@H]2c1ccsc1.